The number of hydrogen-bond acceptors (Lipinski definition) is 5. The SMILES string of the molecule is Cc1c(CN(C)C(=O)C=Cc2cnc3c(c2)CN(C)CC(=O)N3)sc2ccc(F)cc12.Cl. The summed E-state index contributed by atoms with van der Waals surface area (Å²) in [4.78, 5) is 33.4. The molecule has 1 aliphatic heterocycles. The second-order valence-corrected chi connectivity index (χ2v) is 8.95. The summed E-state index contributed by atoms with van der Waals surface area (Å²) in [5.74, 6) is 0.0792. The minimum Gasteiger partial charge on any atom is -0.337 e. The normalized spacial score (nSPS) is 14.1. The van der Waals surface area contributed by atoms with E-state index < -0.39 is 0 Å². The predicted octanol–water partition coefficient (Wildman–Crippen LogP) is 4.22. The predicted molar refractivity (Wildman–Crippen MR) is 128 cm³/mol. The fourth-order valence-electron chi connectivity index (χ4n) is 3.60. The van der Waals surface area contributed by atoms with E-state index in [9.17, 15) is 14.0 Å². The fourth-order valence-corrected chi connectivity index (χ4v) is 4.84. The van der Waals surface area contributed by atoms with Gasteiger partial charge in [-0.2, -0.15) is 0 Å². The van der Waals surface area contributed by atoms with Gasteiger partial charge in [0.05, 0.1) is 13.1 Å². The molecule has 2 aromatic heterocycles. The molecule has 0 spiro atoms. The van der Waals surface area contributed by atoms with E-state index in [0.717, 1.165) is 31.7 Å². The Labute approximate surface area is 196 Å². The van der Waals surface area contributed by atoms with Gasteiger partial charge in [0.1, 0.15) is 11.6 Å². The molecule has 168 valence electrons. The molecule has 0 atom stereocenters. The first-order chi connectivity index (χ1) is 14.8. The lowest BCUT2D eigenvalue weighted by molar-refractivity contribution is -0.125. The third-order valence-corrected chi connectivity index (χ3v) is 6.53. The van der Waals surface area contributed by atoms with Gasteiger partial charge in [-0.25, -0.2) is 9.37 Å². The van der Waals surface area contributed by atoms with Gasteiger partial charge in [-0.15, -0.1) is 23.7 Å². The van der Waals surface area contributed by atoms with E-state index in [1.807, 2.05) is 24.9 Å². The first-order valence-corrected chi connectivity index (χ1v) is 10.7. The second kappa shape index (κ2) is 9.77. The van der Waals surface area contributed by atoms with Gasteiger partial charge in [-0.3, -0.25) is 14.5 Å². The second-order valence-electron chi connectivity index (χ2n) is 7.82. The van der Waals surface area contributed by atoms with Gasteiger partial charge in [-0.05, 0) is 60.8 Å². The third-order valence-electron chi connectivity index (χ3n) is 5.27. The molecule has 0 unspecified atom stereocenters. The quantitative estimate of drug-likeness (QED) is 0.575. The lowest BCUT2D eigenvalue weighted by Crippen LogP contribution is -2.26. The molecule has 0 fully saturated rings. The van der Waals surface area contributed by atoms with Crippen molar-refractivity contribution < 1.29 is 14.0 Å². The Bertz CT molecular complexity index is 1210. The lowest BCUT2D eigenvalue weighted by atomic mass is 10.1. The van der Waals surface area contributed by atoms with Gasteiger partial charge in [-0.1, -0.05) is 0 Å². The minimum atomic E-state index is -0.257. The Balaban J connectivity index is 0.00000289. The largest absolute Gasteiger partial charge is 0.337 e. The molecule has 2 amide bonds. The summed E-state index contributed by atoms with van der Waals surface area (Å²) in [7, 11) is 3.62. The molecule has 4 rings (SSSR count). The minimum absolute atomic E-state index is 0. The Morgan fingerprint density at radius 3 is 2.91 bits per heavy atom. The van der Waals surface area contributed by atoms with E-state index in [0.29, 0.717) is 25.5 Å². The number of pyridine rings is 1. The van der Waals surface area contributed by atoms with E-state index in [1.54, 1.807) is 41.6 Å². The van der Waals surface area contributed by atoms with Crippen molar-refractivity contribution in [1.82, 2.24) is 14.8 Å². The maximum atomic E-state index is 13.5. The number of hydrogen-bond donors (Lipinski definition) is 1. The number of aryl methyl sites for hydroxylation is 1. The Kier molecular flexibility index (Phi) is 7.28. The van der Waals surface area contributed by atoms with Crippen molar-refractivity contribution in [3.8, 4) is 0 Å². The van der Waals surface area contributed by atoms with Crippen LogP contribution in [0.1, 0.15) is 21.6 Å². The molecule has 0 saturated carbocycles. The number of thiophene rings is 1. The average molecular weight is 475 g/mol. The zero-order valence-corrected chi connectivity index (χ0v) is 19.6. The number of carbonyl (C=O) groups is 2. The molecule has 1 aliphatic rings. The summed E-state index contributed by atoms with van der Waals surface area (Å²) in [6.45, 7) is 3.32. The number of fused-ring (bicyclic) bond motifs is 2. The highest BCUT2D eigenvalue weighted by Crippen LogP contribution is 2.32. The van der Waals surface area contributed by atoms with Crippen molar-refractivity contribution in [2.75, 3.05) is 26.0 Å². The number of aromatic nitrogens is 1. The number of halogens is 2. The molecule has 0 radical (unpaired) electrons. The summed E-state index contributed by atoms with van der Waals surface area (Å²) < 4.78 is 14.6. The van der Waals surface area contributed by atoms with Crippen LogP contribution in [0.15, 0.2) is 36.5 Å². The van der Waals surface area contributed by atoms with Crippen molar-refractivity contribution >= 4 is 57.5 Å². The van der Waals surface area contributed by atoms with Crippen LogP contribution >= 0.6 is 23.7 Å². The maximum Gasteiger partial charge on any atom is 0.246 e. The lowest BCUT2D eigenvalue weighted by Gasteiger charge is -2.14. The number of carbonyl (C=O) groups excluding carboxylic acids is 2. The standard InChI is InChI=1S/C23H23FN4O2S.ClH/c1-14-18-9-17(24)5-6-19(18)31-20(14)12-28(3)22(30)7-4-15-8-16-11-27(2)13-21(29)26-23(16)25-10-15;/h4-10H,11-13H2,1-3H3,(H,25,26,29);1H. The molecule has 0 bridgehead atoms. The first-order valence-electron chi connectivity index (χ1n) is 9.88. The van der Waals surface area contributed by atoms with Crippen LogP contribution < -0.4 is 5.32 Å². The number of benzene rings is 1. The Morgan fingerprint density at radius 1 is 1.34 bits per heavy atom. The summed E-state index contributed by atoms with van der Waals surface area (Å²) in [5, 5.41) is 3.69. The van der Waals surface area contributed by atoms with Gasteiger partial charge in [0.15, 0.2) is 0 Å². The van der Waals surface area contributed by atoms with Crippen LogP contribution in [0.5, 0.6) is 0 Å². The maximum absolute atomic E-state index is 13.5. The monoisotopic (exact) mass is 474 g/mol. The molecule has 6 nitrogen and oxygen atoms in total. The molecule has 32 heavy (non-hydrogen) atoms. The molecule has 3 aromatic rings. The molecular formula is C23H24ClFN4O2S. The van der Waals surface area contributed by atoms with Crippen molar-refractivity contribution in [2.45, 2.75) is 20.0 Å². The third kappa shape index (κ3) is 5.15. The summed E-state index contributed by atoms with van der Waals surface area (Å²) in [5.41, 5.74) is 2.70. The van der Waals surface area contributed by atoms with E-state index >= 15 is 0 Å². The van der Waals surface area contributed by atoms with Gasteiger partial charge in [0.25, 0.3) is 0 Å². The number of rotatable bonds is 4. The first kappa shape index (κ1) is 23.8. The number of nitrogens with zero attached hydrogens (tertiary/aromatic N) is 3. The number of nitrogens with one attached hydrogen (secondary N) is 1. The summed E-state index contributed by atoms with van der Waals surface area (Å²) >= 11 is 1.58. The summed E-state index contributed by atoms with van der Waals surface area (Å²) in [6, 6.07) is 6.70. The van der Waals surface area contributed by atoms with E-state index in [1.165, 1.54) is 18.2 Å². The van der Waals surface area contributed by atoms with E-state index in [4.69, 9.17) is 0 Å². The van der Waals surface area contributed by atoms with Crippen LogP contribution in [0.3, 0.4) is 0 Å². The van der Waals surface area contributed by atoms with Crippen LogP contribution in [-0.4, -0.2) is 47.2 Å². The van der Waals surface area contributed by atoms with Crippen LogP contribution in [0, 0.1) is 12.7 Å². The van der Waals surface area contributed by atoms with E-state index in [-0.39, 0.29) is 30.0 Å². The Hall–Kier alpha value is -2.81. The molecule has 1 N–H and O–H groups in total. The average Bonchev–Trinajstić information content (AvgIpc) is 2.93. The molecule has 9 heteroatoms. The molecule has 0 saturated heterocycles. The molecule has 3 heterocycles. The van der Waals surface area contributed by atoms with Crippen molar-refractivity contribution in [2.24, 2.45) is 0 Å². The number of amides is 2. The highest BCUT2D eigenvalue weighted by molar-refractivity contribution is 7.19. The van der Waals surface area contributed by atoms with Gasteiger partial charge in [0, 0.05) is 41.0 Å². The zero-order chi connectivity index (χ0) is 22.1. The smallest absolute Gasteiger partial charge is 0.246 e. The summed E-state index contributed by atoms with van der Waals surface area (Å²) in [6.07, 6.45) is 4.88. The highest BCUT2D eigenvalue weighted by Gasteiger charge is 2.18. The van der Waals surface area contributed by atoms with Crippen LogP contribution in [0.4, 0.5) is 10.2 Å². The van der Waals surface area contributed by atoms with Crippen molar-refractivity contribution in [3.63, 3.8) is 0 Å². The van der Waals surface area contributed by atoms with E-state index in [2.05, 4.69) is 10.3 Å². The number of likely N-dealkylation sites (N-methyl/N-ethyl adjacent to an activating group) is 2. The number of anilines is 1. The van der Waals surface area contributed by atoms with Crippen molar-refractivity contribution in [1.29, 1.82) is 0 Å². The van der Waals surface area contributed by atoms with Crippen LogP contribution in [-0.2, 0) is 22.7 Å². The topological polar surface area (TPSA) is 65.5 Å². The van der Waals surface area contributed by atoms with Crippen LogP contribution in [0.25, 0.3) is 16.2 Å². The van der Waals surface area contributed by atoms with Crippen LogP contribution in [0.2, 0.25) is 0 Å². The Morgan fingerprint density at radius 2 is 2.12 bits per heavy atom. The molecular weight excluding hydrogens is 451 g/mol. The van der Waals surface area contributed by atoms with Crippen molar-refractivity contribution in [3.05, 3.63) is 63.9 Å². The van der Waals surface area contributed by atoms with Gasteiger partial charge in [0.2, 0.25) is 11.8 Å². The molecule has 1 aromatic carbocycles. The molecule has 0 aliphatic carbocycles. The zero-order valence-electron chi connectivity index (χ0n) is 18.0. The van der Waals surface area contributed by atoms with Gasteiger partial charge >= 0.3 is 0 Å². The fraction of sp³-hybridized carbons (Fsp3) is 0.261. The highest BCUT2D eigenvalue weighted by atomic mass is 35.5. The van der Waals surface area contributed by atoms with Gasteiger partial charge < -0.3 is 10.2 Å².